The number of esters is 1. The molecule has 1 heterocycles. The number of hydrogen-bond acceptors (Lipinski definition) is 4. The largest absolute Gasteiger partial charge is 0.465 e. The van der Waals surface area contributed by atoms with E-state index in [0.717, 1.165) is 12.0 Å². The Labute approximate surface area is 213 Å². The van der Waals surface area contributed by atoms with Crippen LogP contribution in [0.5, 0.6) is 0 Å². The maximum absolute atomic E-state index is 13.6. The molecule has 2 atom stereocenters. The topological polar surface area (TPSA) is 75.7 Å². The molecule has 1 saturated heterocycles. The van der Waals surface area contributed by atoms with Gasteiger partial charge in [-0.15, -0.1) is 0 Å². The SMILES string of the molecule is COC(=O)c1cc(C(=O)N[C@@H](C(=O)N2CCC(c3ccc(Cl)cc3)C(C)(C)C2)C(C)C)ccc1C. The predicted molar refractivity (Wildman–Crippen MR) is 138 cm³/mol. The lowest BCUT2D eigenvalue weighted by Crippen LogP contribution is -2.55. The molecular formula is C28H35ClN2O4. The zero-order valence-electron chi connectivity index (χ0n) is 21.4. The molecule has 6 nitrogen and oxygen atoms in total. The maximum atomic E-state index is 13.6. The van der Waals surface area contributed by atoms with E-state index in [9.17, 15) is 14.4 Å². The van der Waals surface area contributed by atoms with Crippen LogP contribution in [-0.4, -0.2) is 48.9 Å². The van der Waals surface area contributed by atoms with Gasteiger partial charge in [-0.05, 0) is 66.0 Å². The summed E-state index contributed by atoms with van der Waals surface area (Å²) in [6.07, 6.45) is 0.833. The van der Waals surface area contributed by atoms with Crippen molar-refractivity contribution in [3.63, 3.8) is 0 Å². The Morgan fingerprint density at radius 1 is 1.11 bits per heavy atom. The first-order valence-corrected chi connectivity index (χ1v) is 12.4. The fraction of sp³-hybridized carbons (Fsp3) is 0.464. The summed E-state index contributed by atoms with van der Waals surface area (Å²) in [5.41, 5.74) is 2.45. The normalized spacial score (nSPS) is 18.2. The van der Waals surface area contributed by atoms with Crippen molar-refractivity contribution in [1.82, 2.24) is 10.2 Å². The number of carbonyl (C=O) groups excluding carboxylic acids is 3. The number of rotatable bonds is 6. The number of likely N-dealkylation sites (tertiary alicyclic amines) is 1. The van der Waals surface area contributed by atoms with Crippen molar-refractivity contribution < 1.29 is 19.1 Å². The average molecular weight is 499 g/mol. The first-order chi connectivity index (χ1) is 16.4. The summed E-state index contributed by atoms with van der Waals surface area (Å²) in [6, 6.07) is 12.1. The number of piperidine rings is 1. The number of ether oxygens (including phenoxy) is 1. The standard InChI is InChI=1S/C28H35ClN2O4/c1-17(2)24(30-25(32)20-8-7-18(3)22(15-20)27(34)35-6)26(33)31-14-13-23(28(4,5)16-31)19-9-11-21(29)12-10-19/h7-12,15,17,23-24H,13-14,16H2,1-6H3,(H,30,32)/t23?,24-/m1/s1. The van der Waals surface area contributed by atoms with Crippen LogP contribution in [0.25, 0.3) is 0 Å². The monoisotopic (exact) mass is 498 g/mol. The van der Waals surface area contributed by atoms with Gasteiger partial charge in [0.15, 0.2) is 0 Å². The van der Waals surface area contributed by atoms with Crippen LogP contribution in [0, 0.1) is 18.3 Å². The van der Waals surface area contributed by atoms with E-state index in [-0.39, 0.29) is 17.2 Å². The molecule has 0 aromatic heterocycles. The molecule has 0 radical (unpaired) electrons. The summed E-state index contributed by atoms with van der Waals surface area (Å²) in [7, 11) is 1.31. The molecule has 35 heavy (non-hydrogen) atoms. The Morgan fingerprint density at radius 3 is 2.34 bits per heavy atom. The lowest BCUT2D eigenvalue weighted by atomic mass is 9.70. The van der Waals surface area contributed by atoms with Crippen LogP contribution in [0.2, 0.25) is 5.02 Å². The van der Waals surface area contributed by atoms with Crippen LogP contribution in [-0.2, 0) is 9.53 Å². The summed E-state index contributed by atoms with van der Waals surface area (Å²) >= 11 is 6.07. The molecule has 7 heteroatoms. The minimum atomic E-state index is -0.673. The summed E-state index contributed by atoms with van der Waals surface area (Å²) in [6.45, 7) is 11.2. The fourth-order valence-electron chi connectivity index (χ4n) is 4.89. The third-order valence-corrected chi connectivity index (χ3v) is 7.19. The highest BCUT2D eigenvalue weighted by atomic mass is 35.5. The summed E-state index contributed by atoms with van der Waals surface area (Å²) < 4.78 is 4.82. The molecule has 0 bridgehead atoms. The van der Waals surface area contributed by atoms with E-state index >= 15 is 0 Å². The maximum Gasteiger partial charge on any atom is 0.338 e. The zero-order valence-corrected chi connectivity index (χ0v) is 22.1. The minimum Gasteiger partial charge on any atom is -0.465 e. The second-order valence-corrected chi connectivity index (χ2v) is 10.8. The Hall–Kier alpha value is -2.86. The molecule has 1 unspecified atom stereocenters. The lowest BCUT2D eigenvalue weighted by molar-refractivity contribution is -0.137. The van der Waals surface area contributed by atoms with Gasteiger partial charge in [0.1, 0.15) is 6.04 Å². The van der Waals surface area contributed by atoms with E-state index in [0.29, 0.717) is 35.2 Å². The van der Waals surface area contributed by atoms with E-state index in [2.05, 4.69) is 31.3 Å². The molecule has 0 aliphatic carbocycles. The van der Waals surface area contributed by atoms with Gasteiger partial charge in [0.25, 0.3) is 5.91 Å². The molecule has 1 fully saturated rings. The summed E-state index contributed by atoms with van der Waals surface area (Å²) in [5.74, 6) is -0.775. The van der Waals surface area contributed by atoms with Gasteiger partial charge < -0.3 is 15.0 Å². The number of halogens is 1. The van der Waals surface area contributed by atoms with Crippen molar-refractivity contribution in [3.05, 3.63) is 69.7 Å². The van der Waals surface area contributed by atoms with Gasteiger partial charge in [0.05, 0.1) is 12.7 Å². The first kappa shape index (κ1) is 26.7. The summed E-state index contributed by atoms with van der Waals surface area (Å²) in [4.78, 5) is 40.6. The van der Waals surface area contributed by atoms with Gasteiger partial charge in [-0.2, -0.15) is 0 Å². The van der Waals surface area contributed by atoms with Gasteiger partial charge >= 0.3 is 5.97 Å². The summed E-state index contributed by atoms with van der Waals surface area (Å²) in [5, 5.41) is 3.62. The van der Waals surface area contributed by atoms with Gasteiger partial charge in [-0.1, -0.05) is 57.5 Å². The van der Waals surface area contributed by atoms with Crippen molar-refractivity contribution in [1.29, 1.82) is 0 Å². The number of carbonyl (C=O) groups is 3. The molecule has 1 aliphatic rings. The molecule has 188 valence electrons. The highest BCUT2D eigenvalue weighted by molar-refractivity contribution is 6.30. The van der Waals surface area contributed by atoms with E-state index in [1.807, 2.05) is 30.9 Å². The average Bonchev–Trinajstić information content (AvgIpc) is 2.81. The Morgan fingerprint density at radius 2 is 1.77 bits per heavy atom. The molecule has 2 amide bonds. The van der Waals surface area contributed by atoms with Crippen LogP contribution in [0.3, 0.4) is 0 Å². The number of nitrogens with zero attached hydrogens (tertiary/aromatic N) is 1. The van der Waals surface area contributed by atoms with Gasteiger partial charge in [-0.25, -0.2) is 4.79 Å². The van der Waals surface area contributed by atoms with Gasteiger partial charge in [0, 0.05) is 23.7 Å². The van der Waals surface area contributed by atoms with Crippen LogP contribution < -0.4 is 5.32 Å². The minimum absolute atomic E-state index is 0.0868. The third kappa shape index (κ3) is 6.04. The van der Waals surface area contributed by atoms with Crippen LogP contribution in [0.15, 0.2) is 42.5 Å². The number of nitrogens with one attached hydrogen (secondary N) is 1. The highest BCUT2D eigenvalue weighted by Crippen LogP contribution is 2.42. The first-order valence-electron chi connectivity index (χ1n) is 12.0. The molecule has 0 spiro atoms. The Bertz CT molecular complexity index is 1090. The number of amides is 2. The molecular weight excluding hydrogens is 464 g/mol. The van der Waals surface area contributed by atoms with Gasteiger partial charge in [0.2, 0.25) is 5.91 Å². The van der Waals surface area contributed by atoms with E-state index < -0.39 is 17.9 Å². The second kappa shape index (κ2) is 10.8. The van der Waals surface area contributed by atoms with Crippen LogP contribution in [0.4, 0.5) is 0 Å². The van der Waals surface area contributed by atoms with E-state index in [4.69, 9.17) is 16.3 Å². The second-order valence-electron chi connectivity index (χ2n) is 10.4. The van der Waals surface area contributed by atoms with E-state index in [1.54, 1.807) is 19.1 Å². The zero-order chi connectivity index (χ0) is 25.9. The van der Waals surface area contributed by atoms with Crippen molar-refractivity contribution in [2.45, 2.75) is 53.0 Å². The quantitative estimate of drug-likeness (QED) is 0.553. The number of hydrogen-bond donors (Lipinski definition) is 1. The predicted octanol–water partition coefficient (Wildman–Crippen LogP) is 5.23. The highest BCUT2D eigenvalue weighted by Gasteiger charge is 2.40. The number of benzene rings is 2. The number of methoxy groups -OCH3 is 1. The van der Waals surface area contributed by atoms with Crippen molar-refractivity contribution in [3.8, 4) is 0 Å². The molecule has 1 aliphatic heterocycles. The van der Waals surface area contributed by atoms with E-state index in [1.165, 1.54) is 18.7 Å². The smallest absolute Gasteiger partial charge is 0.338 e. The van der Waals surface area contributed by atoms with Crippen molar-refractivity contribution >= 4 is 29.4 Å². The molecule has 3 rings (SSSR count). The molecule has 1 N–H and O–H groups in total. The Balaban J connectivity index is 1.75. The lowest BCUT2D eigenvalue weighted by Gasteiger charge is -2.45. The van der Waals surface area contributed by atoms with Crippen molar-refractivity contribution in [2.24, 2.45) is 11.3 Å². The third-order valence-electron chi connectivity index (χ3n) is 6.94. The van der Waals surface area contributed by atoms with Crippen LogP contribution in [0.1, 0.15) is 71.9 Å². The number of aryl methyl sites for hydroxylation is 1. The van der Waals surface area contributed by atoms with Gasteiger partial charge in [-0.3, -0.25) is 9.59 Å². The fourth-order valence-corrected chi connectivity index (χ4v) is 5.01. The Kier molecular flexibility index (Phi) is 8.26. The van der Waals surface area contributed by atoms with Crippen molar-refractivity contribution in [2.75, 3.05) is 20.2 Å². The molecule has 0 saturated carbocycles. The molecule has 2 aromatic carbocycles. The molecule has 2 aromatic rings. The van der Waals surface area contributed by atoms with Crippen LogP contribution >= 0.6 is 11.6 Å².